The van der Waals surface area contributed by atoms with Crippen LogP contribution in [0, 0.1) is 5.92 Å². The number of rotatable bonds is 2. The molecule has 5 heteroatoms. The lowest BCUT2D eigenvalue weighted by atomic mass is 9.99. The molecule has 1 aliphatic heterocycles. The fraction of sp³-hybridized carbons (Fsp3) is 0.412. The first-order valence-corrected chi connectivity index (χ1v) is 7.92. The summed E-state index contributed by atoms with van der Waals surface area (Å²) in [5.74, 6) is 0.823. The van der Waals surface area contributed by atoms with E-state index in [-0.39, 0.29) is 5.69 Å². The quantitative estimate of drug-likeness (QED) is 0.790. The van der Waals surface area contributed by atoms with E-state index in [0.29, 0.717) is 0 Å². The van der Waals surface area contributed by atoms with Crippen LogP contribution in [0.3, 0.4) is 0 Å². The van der Waals surface area contributed by atoms with Gasteiger partial charge in [0.25, 0.3) is 0 Å². The highest BCUT2D eigenvalue weighted by atomic mass is 16.1. The smallest absolute Gasteiger partial charge is 0.306 e. The van der Waals surface area contributed by atoms with Gasteiger partial charge in [0.1, 0.15) is 0 Å². The van der Waals surface area contributed by atoms with E-state index in [1.165, 1.54) is 12.8 Å². The Balaban J connectivity index is 1.72. The SMILES string of the molecule is CC1CCN(Cc2cn3c(=O)[nH]c4ccccc4c3n2)CC1. The van der Waals surface area contributed by atoms with Gasteiger partial charge in [-0.25, -0.2) is 9.78 Å². The third-order valence-corrected chi connectivity index (χ3v) is 4.65. The van der Waals surface area contributed by atoms with Crippen LogP contribution >= 0.6 is 0 Å². The Morgan fingerprint density at radius 3 is 2.86 bits per heavy atom. The molecule has 1 saturated heterocycles. The maximum Gasteiger partial charge on any atom is 0.331 e. The number of fused-ring (bicyclic) bond motifs is 3. The molecule has 1 fully saturated rings. The number of hydrogen-bond donors (Lipinski definition) is 1. The van der Waals surface area contributed by atoms with Gasteiger partial charge in [0.05, 0.1) is 11.2 Å². The van der Waals surface area contributed by atoms with E-state index in [9.17, 15) is 4.79 Å². The zero-order valence-corrected chi connectivity index (χ0v) is 12.7. The molecule has 0 bridgehead atoms. The Bertz CT molecular complexity index is 871. The summed E-state index contributed by atoms with van der Waals surface area (Å²) in [5, 5.41) is 0.987. The molecule has 5 nitrogen and oxygen atoms in total. The molecule has 0 radical (unpaired) electrons. The Morgan fingerprint density at radius 2 is 2.05 bits per heavy atom. The molecule has 3 aromatic rings. The summed E-state index contributed by atoms with van der Waals surface area (Å²) in [7, 11) is 0. The van der Waals surface area contributed by atoms with Crippen molar-refractivity contribution in [2.45, 2.75) is 26.3 Å². The summed E-state index contributed by atoms with van der Waals surface area (Å²) in [4.78, 5) is 22.2. The van der Waals surface area contributed by atoms with Crippen molar-refractivity contribution in [3.63, 3.8) is 0 Å². The molecule has 1 aliphatic rings. The first kappa shape index (κ1) is 13.5. The van der Waals surface area contributed by atoms with Gasteiger partial charge < -0.3 is 4.98 Å². The number of nitrogens with zero attached hydrogens (tertiary/aromatic N) is 3. The number of H-pyrrole nitrogens is 1. The molecule has 22 heavy (non-hydrogen) atoms. The number of hydrogen-bond acceptors (Lipinski definition) is 3. The van der Waals surface area contributed by atoms with Crippen LogP contribution in [-0.2, 0) is 6.54 Å². The van der Waals surface area contributed by atoms with Crippen LogP contribution in [-0.4, -0.2) is 32.4 Å². The van der Waals surface area contributed by atoms with E-state index in [1.807, 2.05) is 30.5 Å². The molecule has 0 atom stereocenters. The number of aromatic nitrogens is 3. The number of benzene rings is 1. The molecular weight excluding hydrogens is 276 g/mol. The summed E-state index contributed by atoms with van der Waals surface area (Å²) >= 11 is 0. The van der Waals surface area contributed by atoms with E-state index in [4.69, 9.17) is 4.98 Å². The van der Waals surface area contributed by atoms with Gasteiger partial charge in [-0.3, -0.25) is 9.30 Å². The number of piperidine rings is 1. The minimum Gasteiger partial charge on any atom is -0.306 e. The van der Waals surface area contributed by atoms with Gasteiger partial charge in [-0.1, -0.05) is 19.1 Å². The highest BCUT2D eigenvalue weighted by molar-refractivity contribution is 5.90. The Hall–Kier alpha value is -2.14. The minimum absolute atomic E-state index is 0.125. The van der Waals surface area contributed by atoms with Crippen LogP contribution in [0.15, 0.2) is 35.3 Å². The van der Waals surface area contributed by atoms with Gasteiger partial charge in [-0.2, -0.15) is 0 Å². The summed E-state index contributed by atoms with van der Waals surface area (Å²) in [6.07, 6.45) is 4.37. The third kappa shape index (κ3) is 2.31. The van der Waals surface area contributed by atoms with E-state index in [0.717, 1.165) is 47.8 Å². The molecule has 0 amide bonds. The van der Waals surface area contributed by atoms with Gasteiger partial charge in [0.2, 0.25) is 0 Å². The van der Waals surface area contributed by atoms with Crippen LogP contribution in [0.2, 0.25) is 0 Å². The molecule has 4 rings (SSSR count). The first-order valence-electron chi connectivity index (χ1n) is 7.92. The average molecular weight is 296 g/mol. The Morgan fingerprint density at radius 1 is 1.27 bits per heavy atom. The lowest BCUT2D eigenvalue weighted by molar-refractivity contribution is 0.183. The standard InChI is InChI=1S/C17H20N4O/c1-12-6-8-20(9-7-12)10-13-11-21-16(18-13)14-4-2-3-5-15(14)19-17(21)22/h2-5,11-12H,6-10H2,1H3,(H,19,22). The van der Waals surface area contributed by atoms with E-state index < -0.39 is 0 Å². The summed E-state index contributed by atoms with van der Waals surface area (Å²) in [5.41, 5.74) is 2.43. The summed E-state index contributed by atoms with van der Waals surface area (Å²) < 4.78 is 1.63. The zero-order chi connectivity index (χ0) is 15.1. The molecule has 2 aromatic heterocycles. The number of nitrogens with one attached hydrogen (secondary N) is 1. The molecule has 0 spiro atoms. The third-order valence-electron chi connectivity index (χ3n) is 4.65. The maximum absolute atomic E-state index is 12.2. The fourth-order valence-electron chi connectivity index (χ4n) is 3.26. The van der Waals surface area contributed by atoms with Crippen LogP contribution in [0.25, 0.3) is 16.6 Å². The van der Waals surface area contributed by atoms with Crippen LogP contribution in [0.5, 0.6) is 0 Å². The normalized spacial score (nSPS) is 17.5. The average Bonchev–Trinajstić information content (AvgIpc) is 2.94. The maximum atomic E-state index is 12.2. The van der Waals surface area contributed by atoms with Crippen molar-refractivity contribution in [3.8, 4) is 0 Å². The zero-order valence-electron chi connectivity index (χ0n) is 12.7. The number of para-hydroxylation sites is 1. The van der Waals surface area contributed by atoms with Crippen molar-refractivity contribution < 1.29 is 0 Å². The topological polar surface area (TPSA) is 53.4 Å². The summed E-state index contributed by atoms with van der Waals surface area (Å²) in [6, 6.07) is 7.81. The fourth-order valence-corrected chi connectivity index (χ4v) is 3.26. The second-order valence-electron chi connectivity index (χ2n) is 6.36. The van der Waals surface area contributed by atoms with Crippen LogP contribution in [0.4, 0.5) is 0 Å². The molecule has 114 valence electrons. The monoisotopic (exact) mass is 296 g/mol. The Kier molecular flexibility index (Phi) is 3.22. The van der Waals surface area contributed by atoms with Crippen molar-refractivity contribution >= 4 is 16.6 Å². The largest absolute Gasteiger partial charge is 0.331 e. The number of likely N-dealkylation sites (tertiary alicyclic amines) is 1. The summed E-state index contributed by atoms with van der Waals surface area (Å²) in [6.45, 7) is 5.37. The molecule has 1 aromatic carbocycles. The number of imidazole rings is 1. The van der Waals surface area contributed by atoms with Crippen molar-refractivity contribution in [3.05, 3.63) is 46.6 Å². The van der Waals surface area contributed by atoms with E-state index in [2.05, 4.69) is 16.8 Å². The minimum atomic E-state index is -0.125. The van der Waals surface area contributed by atoms with Crippen molar-refractivity contribution in [1.29, 1.82) is 0 Å². The first-order chi connectivity index (χ1) is 10.7. The van der Waals surface area contributed by atoms with Gasteiger partial charge in [-0.05, 0) is 44.0 Å². The van der Waals surface area contributed by atoms with Gasteiger partial charge >= 0.3 is 5.69 Å². The second kappa shape index (κ2) is 5.25. The van der Waals surface area contributed by atoms with Crippen LogP contribution < -0.4 is 5.69 Å². The highest BCUT2D eigenvalue weighted by Gasteiger charge is 2.17. The lowest BCUT2D eigenvalue weighted by Crippen LogP contribution is -2.32. The second-order valence-corrected chi connectivity index (χ2v) is 6.36. The lowest BCUT2D eigenvalue weighted by Gasteiger charge is -2.29. The van der Waals surface area contributed by atoms with Gasteiger partial charge in [-0.15, -0.1) is 0 Å². The predicted molar refractivity (Wildman–Crippen MR) is 87.0 cm³/mol. The van der Waals surface area contributed by atoms with Crippen LogP contribution in [0.1, 0.15) is 25.5 Å². The Labute approximate surface area is 128 Å². The number of aromatic amines is 1. The van der Waals surface area contributed by atoms with Gasteiger partial charge in [0.15, 0.2) is 5.65 Å². The van der Waals surface area contributed by atoms with Crippen molar-refractivity contribution in [2.24, 2.45) is 5.92 Å². The molecule has 0 aliphatic carbocycles. The predicted octanol–water partition coefficient (Wildman–Crippen LogP) is 2.41. The van der Waals surface area contributed by atoms with Crippen molar-refractivity contribution in [1.82, 2.24) is 19.3 Å². The molecule has 1 N–H and O–H groups in total. The highest BCUT2D eigenvalue weighted by Crippen LogP contribution is 2.19. The van der Waals surface area contributed by atoms with E-state index in [1.54, 1.807) is 4.40 Å². The molecular formula is C17H20N4O. The van der Waals surface area contributed by atoms with Gasteiger partial charge in [0, 0.05) is 18.1 Å². The molecule has 0 saturated carbocycles. The molecule has 0 unspecified atom stereocenters. The molecule has 3 heterocycles. The van der Waals surface area contributed by atoms with Crippen molar-refractivity contribution in [2.75, 3.05) is 13.1 Å². The van der Waals surface area contributed by atoms with E-state index >= 15 is 0 Å².